The van der Waals surface area contributed by atoms with Crippen LogP contribution < -0.4 is 0 Å². The normalized spacial score (nSPS) is 22.6. The van der Waals surface area contributed by atoms with Gasteiger partial charge in [0.2, 0.25) is 10.0 Å². The SMILES string of the molecule is CS(=O)(=O)N1CCN(CC(O)C(F)(F)F)CC1. The fourth-order valence-electron chi connectivity index (χ4n) is 1.59. The minimum absolute atomic E-state index is 0.156. The van der Waals surface area contributed by atoms with E-state index in [2.05, 4.69) is 0 Å². The summed E-state index contributed by atoms with van der Waals surface area (Å²) in [4.78, 5) is 1.40. The van der Waals surface area contributed by atoms with E-state index in [0.29, 0.717) is 0 Å². The second kappa shape index (κ2) is 5.09. The molecule has 0 aromatic carbocycles. The second-order valence-corrected chi connectivity index (χ2v) is 6.00. The molecule has 1 unspecified atom stereocenters. The van der Waals surface area contributed by atoms with Crippen LogP contribution in [0.5, 0.6) is 0 Å². The topological polar surface area (TPSA) is 60.9 Å². The Morgan fingerprint density at radius 1 is 1.24 bits per heavy atom. The molecule has 102 valence electrons. The lowest BCUT2D eigenvalue weighted by atomic mass is 10.3. The summed E-state index contributed by atoms with van der Waals surface area (Å²) in [6.45, 7) is 0.189. The van der Waals surface area contributed by atoms with E-state index in [9.17, 15) is 21.6 Å². The van der Waals surface area contributed by atoms with Gasteiger partial charge in [-0.3, -0.25) is 4.90 Å². The third-order valence-electron chi connectivity index (χ3n) is 2.61. The third-order valence-corrected chi connectivity index (χ3v) is 3.91. The van der Waals surface area contributed by atoms with Crippen molar-refractivity contribution in [1.82, 2.24) is 9.21 Å². The Morgan fingerprint density at radius 2 is 1.71 bits per heavy atom. The molecule has 0 aliphatic carbocycles. The van der Waals surface area contributed by atoms with Gasteiger partial charge in [0.1, 0.15) is 0 Å². The summed E-state index contributed by atoms with van der Waals surface area (Å²) in [6.07, 6.45) is -5.95. The first-order valence-electron chi connectivity index (χ1n) is 5.03. The van der Waals surface area contributed by atoms with Crippen molar-refractivity contribution in [3.8, 4) is 0 Å². The molecule has 0 spiro atoms. The van der Waals surface area contributed by atoms with Gasteiger partial charge in [0.25, 0.3) is 0 Å². The Balaban J connectivity index is 2.43. The van der Waals surface area contributed by atoms with Crippen LogP contribution in [-0.4, -0.2) is 74.0 Å². The van der Waals surface area contributed by atoms with Crippen molar-refractivity contribution in [2.24, 2.45) is 0 Å². The summed E-state index contributed by atoms with van der Waals surface area (Å²) in [5, 5.41) is 8.87. The highest BCUT2D eigenvalue weighted by molar-refractivity contribution is 7.88. The molecular weight excluding hydrogens is 261 g/mol. The van der Waals surface area contributed by atoms with Crippen molar-refractivity contribution >= 4 is 10.0 Å². The fraction of sp³-hybridized carbons (Fsp3) is 1.00. The molecule has 1 N–H and O–H groups in total. The van der Waals surface area contributed by atoms with Crippen LogP contribution in [0.4, 0.5) is 13.2 Å². The van der Waals surface area contributed by atoms with Gasteiger partial charge in [-0.15, -0.1) is 0 Å². The van der Waals surface area contributed by atoms with Crippen molar-refractivity contribution < 1.29 is 26.7 Å². The quantitative estimate of drug-likeness (QED) is 0.754. The molecule has 0 saturated carbocycles. The molecule has 5 nitrogen and oxygen atoms in total. The highest BCUT2D eigenvalue weighted by Gasteiger charge is 2.39. The summed E-state index contributed by atoms with van der Waals surface area (Å²) in [5.74, 6) is 0. The van der Waals surface area contributed by atoms with Gasteiger partial charge in [-0.25, -0.2) is 8.42 Å². The number of hydrogen-bond acceptors (Lipinski definition) is 4. The number of rotatable bonds is 3. The molecule has 0 amide bonds. The third kappa shape index (κ3) is 4.41. The summed E-state index contributed by atoms with van der Waals surface area (Å²) >= 11 is 0. The van der Waals surface area contributed by atoms with Gasteiger partial charge in [0.05, 0.1) is 6.26 Å². The molecule has 0 bridgehead atoms. The molecule has 1 aliphatic rings. The monoisotopic (exact) mass is 276 g/mol. The van der Waals surface area contributed by atoms with Crippen LogP contribution in [0, 0.1) is 0 Å². The molecule has 1 heterocycles. The minimum atomic E-state index is -4.63. The van der Waals surface area contributed by atoms with E-state index in [1.54, 1.807) is 0 Å². The van der Waals surface area contributed by atoms with Crippen LogP contribution in [0.1, 0.15) is 0 Å². The van der Waals surface area contributed by atoms with Crippen LogP contribution in [0.2, 0.25) is 0 Å². The lowest BCUT2D eigenvalue weighted by Gasteiger charge is -2.34. The number of hydrogen-bond donors (Lipinski definition) is 1. The number of piperazine rings is 1. The van der Waals surface area contributed by atoms with Crippen LogP contribution in [0.15, 0.2) is 0 Å². The van der Waals surface area contributed by atoms with E-state index in [-0.39, 0.29) is 26.2 Å². The smallest absolute Gasteiger partial charge is 0.382 e. The van der Waals surface area contributed by atoms with Crippen molar-refractivity contribution in [3.05, 3.63) is 0 Å². The van der Waals surface area contributed by atoms with Gasteiger partial charge in [-0.05, 0) is 0 Å². The van der Waals surface area contributed by atoms with Gasteiger partial charge in [0, 0.05) is 32.7 Å². The average molecular weight is 276 g/mol. The number of aliphatic hydroxyl groups is 1. The summed E-state index contributed by atoms with van der Waals surface area (Å²) < 4.78 is 59.8. The van der Waals surface area contributed by atoms with Crippen molar-refractivity contribution in [1.29, 1.82) is 0 Å². The predicted molar refractivity (Wildman–Crippen MR) is 54.9 cm³/mol. The zero-order valence-corrected chi connectivity index (χ0v) is 10.1. The van der Waals surface area contributed by atoms with Crippen LogP contribution in [0.3, 0.4) is 0 Å². The molecule has 1 fully saturated rings. The van der Waals surface area contributed by atoms with Gasteiger partial charge in [-0.1, -0.05) is 0 Å². The predicted octanol–water partition coefficient (Wildman–Crippen LogP) is -0.513. The number of alkyl halides is 3. The van der Waals surface area contributed by atoms with Gasteiger partial charge < -0.3 is 5.11 Å². The van der Waals surface area contributed by atoms with E-state index in [1.807, 2.05) is 0 Å². The van der Waals surface area contributed by atoms with Gasteiger partial charge in [-0.2, -0.15) is 17.5 Å². The Morgan fingerprint density at radius 3 is 2.06 bits per heavy atom. The fourth-order valence-corrected chi connectivity index (χ4v) is 2.42. The standard InChI is InChI=1S/C8H15F3N2O3S/c1-17(15,16)13-4-2-12(3-5-13)6-7(14)8(9,10)11/h7,14H,2-6H2,1H3. The highest BCUT2D eigenvalue weighted by Crippen LogP contribution is 2.21. The maximum absolute atomic E-state index is 12.1. The van der Waals surface area contributed by atoms with E-state index >= 15 is 0 Å². The van der Waals surface area contributed by atoms with Gasteiger partial charge >= 0.3 is 6.18 Å². The first-order valence-corrected chi connectivity index (χ1v) is 6.88. The number of β-amino-alcohol motifs (C(OH)–C–C–N with tert-alkyl or cyclic N) is 1. The molecule has 17 heavy (non-hydrogen) atoms. The number of halogens is 3. The van der Waals surface area contributed by atoms with E-state index in [1.165, 1.54) is 9.21 Å². The summed E-state index contributed by atoms with van der Waals surface area (Å²) in [5.41, 5.74) is 0. The lowest BCUT2D eigenvalue weighted by Crippen LogP contribution is -2.51. The molecule has 9 heteroatoms. The highest BCUT2D eigenvalue weighted by atomic mass is 32.2. The Hall–Kier alpha value is -0.380. The molecular formula is C8H15F3N2O3S. The van der Waals surface area contributed by atoms with Crippen LogP contribution >= 0.6 is 0 Å². The molecule has 0 aromatic rings. The van der Waals surface area contributed by atoms with Crippen molar-refractivity contribution in [3.63, 3.8) is 0 Å². The van der Waals surface area contributed by atoms with Gasteiger partial charge in [0.15, 0.2) is 6.10 Å². The summed E-state index contributed by atoms with van der Waals surface area (Å²) in [7, 11) is -3.28. The molecule has 1 atom stereocenters. The lowest BCUT2D eigenvalue weighted by molar-refractivity contribution is -0.208. The van der Waals surface area contributed by atoms with E-state index in [4.69, 9.17) is 5.11 Å². The zero-order valence-electron chi connectivity index (χ0n) is 9.31. The largest absolute Gasteiger partial charge is 0.415 e. The number of aliphatic hydroxyl groups excluding tert-OH is 1. The average Bonchev–Trinajstić information content (AvgIpc) is 2.15. The van der Waals surface area contributed by atoms with Crippen molar-refractivity contribution in [2.45, 2.75) is 12.3 Å². The maximum atomic E-state index is 12.1. The Bertz CT molecular complexity index is 350. The first-order chi connectivity index (χ1) is 7.60. The van der Waals surface area contributed by atoms with E-state index in [0.717, 1.165) is 6.26 Å². The first kappa shape index (κ1) is 14.7. The molecule has 1 aliphatic heterocycles. The number of sulfonamides is 1. The molecule has 1 saturated heterocycles. The maximum Gasteiger partial charge on any atom is 0.415 e. The molecule has 0 radical (unpaired) electrons. The minimum Gasteiger partial charge on any atom is -0.382 e. The molecule has 1 rings (SSSR count). The van der Waals surface area contributed by atoms with Crippen LogP contribution in [-0.2, 0) is 10.0 Å². The van der Waals surface area contributed by atoms with Crippen LogP contribution in [0.25, 0.3) is 0 Å². The summed E-state index contributed by atoms with van der Waals surface area (Å²) in [6, 6.07) is 0. The second-order valence-electron chi connectivity index (χ2n) is 4.02. The Kier molecular flexibility index (Phi) is 4.39. The Labute approximate surface area is 97.9 Å². The zero-order chi connectivity index (χ0) is 13.3. The number of nitrogens with zero attached hydrogens (tertiary/aromatic N) is 2. The van der Waals surface area contributed by atoms with E-state index < -0.39 is 28.8 Å². The van der Waals surface area contributed by atoms with Crippen molar-refractivity contribution in [2.75, 3.05) is 39.0 Å². The molecule has 0 aromatic heterocycles.